The minimum Gasteiger partial charge on any atom is -0.352 e. The number of likely N-dealkylation sites (tertiary alicyclic amines) is 2. The summed E-state index contributed by atoms with van der Waals surface area (Å²) in [5, 5.41) is 3.10. The van der Waals surface area contributed by atoms with Gasteiger partial charge < -0.3 is 5.32 Å². The lowest BCUT2D eigenvalue weighted by atomic mass is 9.93. The number of aromatic nitrogens is 3. The molecule has 4 heterocycles. The summed E-state index contributed by atoms with van der Waals surface area (Å²) >= 11 is 0. The highest BCUT2D eigenvalue weighted by molar-refractivity contribution is 5.78. The third-order valence-corrected chi connectivity index (χ3v) is 6.07. The third kappa shape index (κ3) is 5.58. The summed E-state index contributed by atoms with van der Waals surface area (Å²) in [6, 6.07) is 6.33. The summed E-state index contributed by atoms with van der Waals surface area (Å²) in [7, 11) is 0. The number of hydrogen-bond donors (Lipinski definition) is 1. The van der Waals surface area contributed by atoms with E-state index in [2.05, 4.69) is 30.1 Å². The summed E-state index contributed by atoms with van der Waals surface area (Å²) < 4.78 is 0. The van der Waals surface area contributed by atoms with Crippen molar-refractivity contribution in [2.45, 2.75) is 44.8 Å². The fraction of sp³-hybridized carbons (Fsp3) is 0.545. The molecule has 2 aromatic heterocycles. The van der Waals surface area contributed by atoms with Crippen molar-refractivity contribution in [3.8, 4) is 0 Å². The Morgan fingerprint density at radius 1 is 1.07 bits per heavy atom. The standard InChI is InChI=1S/C22H30N6O/c29-22(26-15-18-4-1-8-23-14-18)19-5-2-11-28(16-19)20-6-12-27(13-7-20)17-21-24-9-3-10-25-21/h1,3-4,8-10,14,19-20H,2,5-7,11-13,15-17H2,(H,26,29)/t19-/m1/s1. The van der Waals surface area contributed by atoms with Gasteiger partial charge in [-0.2, -0.15) is 0 Å². The van der Waals surface area contributed by atoms with Crippen LogP contribution in [0.1, 0.15) is 37.1 Å². The molecule has 0 spiro atoms. The van der Waals surface area contributed by atoms with Crippen LogP contribution < -0.4 is 5.32 Å². The van der Waals surface area contributed by atoms with Gasteiger partial charge in [-0.3, -0.25) is 19.6 Å². The van der Waals surface area contributed by atoms with Gasteiger partial charge in [0.2, 0.25) is 5.91 Å². The summed E-state index contributed by atoms with van der Waals surface area (Å²) in [4.78, 5) is 30.4. The molecule has 154 valence electrons. The zero-order valence-electron chi connectivity index (χ0n) is 16.9. The van der Waals surface area contributed by atoms with Gasteiger partial charge in [-0.25, -0.2) is 9.97 Å². The Bertz CT molecular complexity index is 763. The molecular weight excluding hydrogens is 364 g/mol. The van der Waals surface area contributed by atoms with E-state index >= 15 is 0 Å². The average Bonchev–Trinajstić information content (AvgIpc) is 2.79. The molecule has 2 aliphatic rings. The number of rotatable bonds is 6. The Hall–Kier alpha value is -2.38. The van der Waals surface area contributed by atoms with Gasteiger partial charge in [0.05, 0.1) is 12.5 Å². The SMILES string of the molecule is O=C(NCc1cccnc1)[C@@H]1CCCN(C2CCN(Cc3ncccn3)CC2)C1. The fourth-order valence-corrected chi connectivity index (χ4v) is 4.44. The molecule has 2 fully saturated rings. The summed E-state index contributed by atoms with van der Waals surface area (Å²) in [6.07, 6.45) is 11.6. The molecule has 7 heteroatoms. The Morgan fingerprint density at radius 3 is 2.66 bits per heavy atom. The van der Waals surface area contributed by atoms with Gasteiger partial charge >= 0.3 is 0 Å². The van der Waals surface area contributed by atoms with Crippen molar-refractivity contribution >= 4 is 5.91 Å². The van der Waals surface area contributed by atoms with Gasteiger partial charge in [0.15, 0.2) is 0 Å². The second kappa shape index (κ2) is 9.89. The van der Waals surface area contributed by atoms with Gasteiger partial charge in [0.25, 0.3) is 0 Å². The minimum absolute atomic E-state index is 0.0937. The molecule has 0 bridgehead atoms. The first kappa shape index (κ1) is 19.9. The molecule has 4 rings (SSSR count). The topological polar surface area (TPSA) is 74.2 Å². The number of carbonyl (C=O) groups is 1. The van der Waals surface area contributed by atoms with Crippen LogP contribution in [-0.2, 0) is 17.9 Å². The van der Waals surface area contributed by atoms with Crippen LogP contribution in [0.5, 0.6) is 0 Å². The quantitative estimate of drug-likeness (QED) is 0.806. The molecule has 29 heavy (non-hydrogen) atoms. The van der Waals surface area contributed by atoms with E-state index in [1.807, 2.05) is 36.8 Å². The zero-order chi connectivity index (χ0) is 19.9. The molecule has 0 aromatic carbocycles. The first-order valence-electron chi connectivity index (χ1n) is 10.7. The van der Waals surface area contributed by atoms with Crippen molar-refractivity contribution in [1.29, 1.82) is 0 Å². The molecule has 2 aromatic rings. The molecule has 7 nitrogen and oxygen atoms in total. The largest absolute Gasteiger partial charge is 0.352 e. The number of nitrogens with one attached hydrogen (secondary N) is 1. The second-order valence-corrected chi connectivity index (χ2v) is 8.09. The normalized spacial score (nSPS) is 21.7. The zero-order valence-corrected chi connectivity index (χ0v) is 16.9. The monoisotopic (exact) mass is 394 g/mol. The lowest BCUT2D eigenvalue weighted by Gasteiger charge is -2.41. The average molecular weight is 395 g/mol. The predicted molar refractivity (Wildman–Crippen MR) is 111 cm³/mol. The number of piperidine rings is 2. The molecule has 2 saturated heterocycles. The highest BCUT2D eigenvalue weighted by Crippen LogP contribution is 2.24. The molecule has 0 saturated carbocycles. The molecular formula is C22H30N6O. The van der Waals surface area contributed by atoms with Crippen molar-refractivity contribution in [2.75, 3.05) is 26.2 Å². The van der Waals surface area contributed by atoms with E-state index in [-0.39, 0.29) is 11.8 Å². The number of carbonyl (C=O) groups excluding carboxylic acids is 1. The van der Waals surface area contributed by atoms with E-state index in [0.717, 1.165) is 69.8 Å². The number of nitrogens with zero attached hydrogens (tertiary/aromatic N) is 5. The van der Waals surface area contributed by atoms with Crippen LogP contribution in [0.15, 0.2) is 43.0 Å². The van der Waals surface area contributed by atoms with Crippen LogP contribution in [0.3, 0.4) is 0 Å². The first-order chi connectivity index (χ1) is 14.3. The van der Waals surface area contributed by atoms with Crippen molar-refractivity contribution in [1.82, 2.24) is 30.1 Å². The van der Waals surface area contributed by atoms with Crippen molar-refractivity contribution in [3.05, 3.63) is 54.4 Å². The number of hydrogen-bond acceptors (Lipinski definition) is 6. The maximum atomic E-state index is 12.7. The Kier molecular flexibility index (Phi) is 6.79. The Labute approximate surface area is 172 Å². The molecule has 0 unspecified atom stereocenters. The van der Waals surface area contributed by atoms with Gasteiger partial charge in [-0.1, -0.05) is 6.07 Å². The van der Waals surface area contributed by atoms with E-state index in [1.165, 1.54) is 0 Å². The Morgan fingerprint density at radius 2 is 1.90 bits per heavy atom. The highest BCUT2D eigenvalue weighted by atomic mass is 16.1. The van der Waals surface area contributed by atoms with E-state index < -0.39 is 0 Å². The summed E-state index contributed by atoms with van der Waals surface area (Å²) in [5.41, 5.74) is 1.04. The van der Waals surface area contributed by atoms with E-state index in [1.54, 1.807) is 6.20 Å². The smallest absolute Gasteiger partial charge is 0.224 e. The maximum Gasteiger partial charge on any atom is 0.224 e. The lowest BCUT2D eigenvalue weighted by Crippen LogP contribution is -2.50. The maximum absolute atomic E-state index is 12.7. The van der Waals surface area contributed by atoms with Gasteiger partial charge in [0.1, 0.15) is 5.82 Å². The molecule has 2 aliphatic heterocycles. The highest BCUT2D eigenvalue weighted by Gasteiger charge is 2.31. The number of pyridine rings is 1. The van der Waals surface area contributed by atoms with Crippen LogP contribution in [0.2, 0.25) is 0 Å². The van der Waals surface area contributed by atoms with Crippen LogP contribution >= 0.6 is 0 Å². The van der Waals surface area contributed by atoms with Crippen molar-refractivity contribution in [3.63, 3.8) is 0 Å². The molecule has 0 aliphatic carbocycles. The molecule has 1 N–H and O–H groups in total. The van der Waals surface area contributed by atoms with E-state index in [9.17, 15) is 4.79 Å². The van der Waals surface area contributed by atoms with E-state index in [4.69, 9.17) is 0 Å². The van der Waals surface area contributed by atoms with Gasteiger partial charge in [-0.05, 0) is 49.9 Å². The number of amides is 1. The summed E-state index contributed by atoms with van der Waals surface area (Å²) in [6.45, 7) is 5.51. The Balaban J connectivity index is 1.23. The van der Waals surface area contributed by atoms with E-state index in [0.29, 0.717) is 12.6 Å². The minimum atomic E-state index is 0.0937. The first-order valence-corrected chi connectivity index (χ1v) is 10.7. The molecule has 1 amide bonds. The van der Waals surface area contributed by atoms with Crippen molar-refractivity contribution in [2.24, 2.45) is 5.92 Å². The van der Waals surface area contributed by atoms with Crippen LogP contribution in [0.25, 0.3) is 0 Å². The fourth-order valence-electron chi connectivity index (χ4n) is 4.44. The van der Waals surface area contributed by atoms with Crippen LogP contribution in [0, 0.1) is 5.92 Å². The van der Waals surface area contributed by atoms with Gasteiger partial charge in [-0.15, -0.1) is 0 Å². The summed E-state index contributed by atoms with van der Waals surface area (Å²) in [5.74, 6) is 1.17. The predicted octanol–water partition coefficient (Wildman–Crippen LogP) is 1.86. The molecule has 0 radical (unpaired) electrons. The molecule has 1 atom stereocenters. The van der Waals surface area contributed by atoms with Crippen LogP contribution in [-0.4, -0.2) is 62.9 Å². The van der Waals surface area contributed by atoms with Crippen molar-refractivity contribution < 1.29 is 4.79 Å². The third-order valence-electron chi connectivity index (χ3n) is 6.07. The second-order valence-electron chi connectivity index (χ2n) is 8.09. The lowest BCUT2D eigenvalue weighted by molar-refractivity contribution is -0.127. The van der Waals surface area contributed by atoms with Gasteiger partial charge in [0, 0.05) is 57.0 Å². The van der Waals surface area contributed by atoms with Crippen LogP contribution in [0.4, 0.5) is 0 Å².